The van der Waals surface area contributed by atoms with Crippen molar-refractivity contribution in [3.8, 4) is 11.1 Å². The summed E-state index contributed by atoms with van der Waals surface area (Å²) in [5.41, 5.74) is 3.51. The quantitative estimate of drug-likeness (QED) is 0.325. The van der Waals surface area contributed by atoms with Gasteiger partial charge in [0.05, 0.1) is 12.2 Å². The van der Waals surface area contributed by atoms with Crippen LogP contribution in [0.15, 0.2) is 96.0 Å². The highest BCUT2D eigenvalue weighted by molar-refractivity contribution is 6.14. The Morgan fingerprint density at radius 3 is 2.52 bits per heavy atom. The molecule has 0 aliphatic rings. The van der Waals surface area contributed by atoms with Gasteiger partial charge in [0.15, 0.2) is 5.78 Å². The van der Waals surface area contributed by atoms with Gasteiger partial charge in [-0.15, -0.1) is 0 Å². The molecule has 0 radical (unpaired) electrons. The van der Waals surface area contributed by atoms with E-state index in [9.17, 15) is 9.18 Å². The monoisotopic (exact) mass is 411 g/mol. The fourth-order valence-electron chi connectivity index (χ4n) is 3.71. The zero-order chi connectivity index (χ0) is 21.8. The number of hydrogen-bond donors (Lipinski definition) is 1. The van der Waals surface area contributed by atoms with Gasteiger partial charge in [-0.2, -0.15) is 0 Å². The lowest BCUT2D eigenvalue weighted by Crippen LogP contribution is -2.03. The van der Waals surface area contributed by atoms with E-state index >= 15 is 0 Å². The number of benzene rings is 3. The Morgan fingerprint density at radius 1 is 1.03 bits per heavy atom. The van der Waals surface area contributed by atoms with Crippen LogP contribution in [0.5, 0.6) is 0 Å². The Labute approximate surface area is 180 Å². The van der Waals surface area contributed by atoms with Crippen molar-refractivity contribution in [3.63, 3.8) is 0 Å². The molecule has 0 aliphatic carbocycles. The van der Waals surface area contributed by atoms with E-state index in [4.69, 9.17) is 0 Å². The Kier molecular flexibility index (Phi) is 5.76. The van der Waals surface area contributed by atoms with Crippen molar-refractivity contribution in [3.05, 3.63) is 108 Å². The Morgan fingerprint density at radius 2 is 1.77 bits per heavy atom. The summed E-state index contributed by atoms with van der Waals surface area (Å²) in [5.74, 6) is -0.533. The number of aliphatic imine (C=N–C) groups is 1. The van der Waals surface area contributed by atoms with Crippen LogP contribution in [0.3, 0.4) is 0 Å². The van der Waals surface area contributed by atoms with Gasteiger partial charge >= 0.3 is 0 Å². The topological polar surface area (TPSA) is 46.4 Å². The fourth-order valence-corrected chi connectivity index (χ4v) is 3.71. The van der Waals surface area contributed by atoms with Crippen LogP contribution in [0.2, 0.25) is 0 Å². The van der Waals surface area contributed by atoms with Crippen LogP contribution in [0.25, 0.3) is 21.9 Å². The number of fused-ring (bicyclic) bond motifs is 1. The van der Waals surface area contributed by atoms with Gasteiger partial charge in [-0.25, -0.2) is 4.39 Å². The van der Waals surface area contributed by atoms with E-state index in [2.05, 4.69) is 17.0 Å². The van der Waals surface area contributed by atoms with E-state index in [0.717, 1.165) is 27.6 Å². The number of aromatic nitrogens is 1. The molecule has 5 heteroatoms. The zero-order valence-corrected chi connectivity index (χ0v) is 17.2. The molecule has 0 amide bonds. The minimum atomic E-state index is -0.373. The molecular weight excluding hydrogens is 389 g/mol. The summed E-state index contributed by atoms with van der Waals surface area (Å²) in [6.07, 6.45) is 5.54. The number of rotatable bonds is 7. The summed E-state index contributed by atoms with van der Waals surface area (Å²) in [6.45, 7) is 4.08. The minimum absolute atomic E-state index is 0.160. The maximum absolute atomic E-state index is 13.4. The first-order valence-corrected chi connectivity index (χ1v) is 9.92. The predicted molar refractivity (Wildman–Crippen MR) is 124 cm³/mol. The molecule has 4 nitrogen and oxygen atoms in total. The van der Waals surface area contributed by atoms with Crippen LogP contribution in [-0.4, -0.2) is 24.1 Å². The van der Waals surface area contributed by atoms with E-state index in [1.54, 1.807) is 13.2 Å². The van der Waals surface area contributed by atoms with Crippen molar-refractivity contribution < 1.29 is 9.18 Å². The van der Waals surface area contributed by atoms with Crippen LogP contribution in [-0.2, 0) is 6.54 Å². The summed E-state index contributed by atoms with van der Waals surface area (Å²) in [5, 5.41) is 5.11. The molecule has 0 bridgehead atoms. The molecule has 0 spiro atoms. The first-order chi connectivity index (χ1) is 15.1. The normalized spacial score (nSPS) is 11.5. The number of hydrogen-bond acceptors (Lipinski definition) is 3. The van der Waals surface area contributed by atoms with Gasteiger partial charge in [-0.1, -0.05) is 42.5 Å². The third kappa shape index (κ3) is 4.16. The smallest absolute Gasteiger partial charge is 0.195 e. The Balaban J connectivity index is 1.88. The molecule has 4 aromatic rings. The van der Waals surface area contributed by atoms with Gasteiger partial charge in [-0.3, -0.25) is 9.79 Å². The van der Waals surface area contributed by atoms with Gasteiger partial charge < -0.3 is 9.88 Å². The summed E-state index contributed by atoms with van der Waals surface area (Å²) in [7, 11) is 1.80. The Bertz CT molecular complexity index is 1280. The largest absolute Gasteiger partial charge is 0.392 e. The fraction of sp³-hybridized carbons (Fsp3) is 0.0769. The van der Waals surface area contributed by atoms with Crippen LogP contribution in [0, 0.1) is 5.82 Å². The molecule has 0 saturated heterocycles. The second-order valence-corrected chi connectivity index (χ2v) is 7.20. The second kappa shape index (κ2) is 8.79. The zero-order valence-electron chi connectivity index (χ0n) is 17.2. The number of ketones is 1. The van der Waals surface area contributed by atoms with E-state index in [1.165, 1.54) is 24.3 Å². The van der Waals surface area contributed by atoms with E-state index in [0.29, 0.717) is 17.7 Å². The molecule has 0 atom stereocenters. The molecule has 4 rings (SSSR count). The van der Waals surface area contributed by atoms with E-state index in [1.807, 2.05) is 59.4 Å². The summed E-state index contributed by atoms with van der Waals surface area (Å²) in [6, 6.07) is 19.8. The van der Waals surface area contributed by atoms with Crippen molar-refractivity contribution in [1.29, 1.82) is 0 Å². The third-order valence-corrected chi connectivity index (χ3v) is 5.17. The van der Waals surface area contributed by atoms with Crippen LogP contribution < -0.4 is 5.32 Å². The highest BCUT2D eigenvalue weighted by atomic mass is 19.1. The number of halogens is 1. The lowest BCUT2D eigenvalue weighted by Gasteiger charge is -2.08. The SMILES string of the molecule is C=N/C(=C\NC)Cn1cc(C(=O)c2ccc(F)cc2)c(-c2cccc3ccccc23)c1. The molecule has 0 fully saturated rings. The van der Waals surface area contributed by atoms with Gasteiger partial charge in [0.2, 0.25) is 0 Å². The highest BCUT2D eigenvalue weighted by Gasteiger charge is 2.19. The lowest BCUT2D eigenvalue weighted by molar-refractivity contribution is 0.103. The second-order valence-electron chi connectivity index (χ2n) is 7.20. The van der Waals surface area contributed by atoms with Crippen LogP contribution >= 0.6 is 0 Å². The van der Waals surface area contributed by atoms with Crippen LogP contribution in [0.4, 0.5) is 4.39 Å². The molecular formula is C26H22FN3O. The number of carbonyl (C=O) groups excluding carboxylic acids is 1. The molecule has 0 aliphatic heterocycles. The first-order valence-electron chi connectivity index (χ1n) is 9.92. The molecule has 31 heavy (non-hydrogen) atoms. The Hall–Kier alpha value is -3.99. The van der Waals surface area contributed by atoms with Crippen molar-refractivity contribution in [2.45, 2.75) is 6.54 Å². The summed E-state index contributed by atoms with van der Waals surface area (Å²) in [4.78, 5) is 17.4. The summed E-state index contributed by atoms with van der Waals surface area (Å²) >= 11 is 0. The standard InChI is InChI=1S/C26H22FN3O/c1-28-14-21(29-2)15-30-16-24(23-9-5-7-18-6-3-4-8-22(18)23)25(17-30)26(31)19-10-12-20(27)13-11-19/h3-14,16-17,28H,2,15H2,1H3/b21-14-. The molecule has 1 aromatic heterocycles. The highest BCUT2D eigenvalue weighted by Crippen LogP contribution is 2.33. The lowest BCUT2D eigenvalue weighted by atomic mass is 9.94. The molecule has 154 valence electrons. The third-order valence-electron chi connectivity index (χ3n) is 5.17. The molecule has 1 N–H and O–H groups in total. The number of nitrogens with one attached hydrogen (secondary N) is 1. The van der Waals surface area contributed by atoms with Gasteiger partial charge in [0.1, 0.15) is 5.82 Å². The number of nitrogens with zero attached hydrogens (tertiary/aromatic N) is 2. The first kappa shape index (κ1) is 20.3. The predicted octanol–water partition coefficient (Wildman–Crippen LogP) is 5.44. The average Bonchev–Trinajstić information content (AvgIpc) is 3.22. The van der Waals surface area contributed by atoms with Crippen molar-refractivity contribution in [2.75, 3.05) is 7.05 Å². The average molecular weight is 411 g/mol. The van der Waals surface area contributed by atoms with Crippen molar-refractivity contribution in [2.24, 2.45) is 4.99 Å². The number of allylic oxidation sites excluding steroid dienone is 1. The van der Waals surface area contributed by atoms with E-state index < -0.39 is 0 Å². The van der Waals surface area contributed by atoms with Crippen molar-refractivity contribution >= 4 is 23.3 Å². The van der Waals surface area contributed by atoms with Gasteiger partial charge in [0, 0.05) is 42.3 Å². The molecule has 0 unspecified atom stereocenters. The van der Waals surface area contributed by atoms with Crippen LogP contribution in [0.1, 0.15) is 15.9 Å². The van der Waals surface area contributed by atoms with Crippen molar-refractivity contribution in [1.82, 2.24) is 9.88 Å². The van der Waals surface area contributed by atoms with Gasteiger partial charge in [-0.05, 0) is 47.3 Å². The molecule has 1 heterocycles. The van der Waals surface area contributed by atoms with E-state index in [-0.39, 0.29) is 11.6 Å². The maximum Gasteiger partial charge on any atom is 0.195 e. The molecule has 0 saturated carbocycles. The van der Waals surface area contributed by atoms with Gasteiger partial charge in [0.25, 0.3) is 0 Å². The maximum atomic E-state index is 13.4. The minimum Gasteiger partial charge on any atom is -0.392 e. The molecule has 3 aromatic carbocycles. The summed E-state index contributed by atoms with van der Waals surface area (Å²) < 4.78 is 15.3. The number of carbonyl (C=O) groups is 1.